The molecule has 2 aromatic carbocycles. The van der Waals surface area contributed by atoms with Gasteiger partial charge in [0.1, 0.15) is 5.82 Å². The first-order chi connectivity index (χ1) is 8.99. The molecule has 1 amide bonds. The van der Waals surface area contributed by atoms with Crippen molar-refractivity contribution in [3.05, 3.63) is 63.3 Å². The Hall–Kier alpha value is -1.39. The van der Waals surface area contributed by atoms with Crippen molar-refractivity contribution in [3.8, 4) is 0 Å². The Balaban J connectivity index is 2.30. The third-order valence-electron chi connectivity index (χ3n) is 2.67. The number of carbonyl (C=O) groups is 1. The highest BCUT2D eigenvalue weighted by atomic mass is 79.9. The average Bonchev–Trinajstić information content (AvgIpc) is 2.40. The Morgan fingerprint density at radius 3 is 2.63 bits per heavy atom. The normalized spacial score (nSPS) is 10.3. The highest BCUT2D eigenvalue weighted by Gasteiger charge is 2.14. The second kappa shape index (κ2) is 5.72. The van der Waals surface area contributed by atoms with Gasteiger partial charge in [-0.25, -0.2) is 4.39 Å². The minimum Gasteiger partial charge on any atom is -0.311 e. The van der Waals surface area contributed by atoms with Gasteiger partial charge in [-0.2, -0.15) is 0 Å². The molecule has 0 bridgehead atoms. The summed E-state index contributed by atoms with van der Waals surface area (Å²) in [7, 11) is 1.59. The van der Waals surface area contributed by atoms with E-state index in [4.69, 9.17) is 11.6 Å². The van der Waals surface area contributed by atoms with Gasteiger partial charge in [0, 0.05) is 22.8 Å². The molecule has 0 aliphatic carbocycles. The zero-order valence-corrected chi connectivity index (χ0v) is 12.4. The molecule has 0 spiro atoms. The monoisotopic (exact) mass is 341 g/mol. The van der Waals surface area contributed by atoms with Gasteiger partial charge in [0.15, 0.2) is 0 Å². The number of halogens is 3. The van der Waals surface area contributed by atoms with Gasteiger partial charge in [-0.05, 0) is 52.3 Å². The van der Waals surface area contributed by atoms with Crippen molar-refractivity contribution in [2.75, 3.05) is 11.9 Å². The molecule has 0 fully saturated rings. The first-order valence-corrected chi connectivity index (χ1v) is 6.65. The summed E-state index contributed by atoms with van der Waals surface area (Å²) < 4.78 is 13.9. The zero-order chi connectivity index (χ0) is 14.0. The molecule has 0 unspecified atom stereocenters. The fraction of sp³-hybridized carbons (Fsp3) is 0.0714. The highest BCUT2D eigenvalue weighted by molar-refractivity contribution is 9.10. The minimum absolute atomic E-state index is 0.250. The van der Waals surface area contributed by atoms with Crippen LogP contribution in [0.2, 0.25) is 5.02 Å². The largest absolute Gasteiger partial charge is 0.311 e. The molecular formula is C14H10BrClFNO. The lowest BCUT2D eigenvalue weighted by atomic mass is 10.2. The summed E-state index contributed by atoms with van der Waals surface area (Å²) in [5.41, 5.74) is 0.934. The van der Waals surface area contributed by atoms with E-state index in [-0.39, 0.29) is 11.7 Å². The maximum absolute atomic E-state index is 13.1. The second-order valence-electron chi connectivity index (χ2n) is 3.97. The first-order valence-electron chi connectivity index (χ1n) is 5.47. The van der Waals surface area contributed by atoms with Crippen molar-refractivity contribution >= 4 is 39.1 Å². The molecule has 0 aliphatic heterocycles. The summed E-state index contributed by atoms with van der Waals surface area (Å²) in [6.45, 7) is 0. The minimum atomic E-state index is -0.383. The molecule has 0 aromatic heterocycles. The van der Waals surface area contributed by atoms with Crippen LogP contribution in [0.15, 0.2) is 46.9 Å². The van der Waals surface area contributed by atoms with Crippen molar-refractivity contribution in [3.63, 3.8) is 0 Å². The summed E-state index contributed by atoms with van der Waals surface area (Å²) in [6, 6.07) is 10.8. The Kier molecular flexibility index (Phi) is 4.22. The molecule has 19 heavy (non-hydrogen) atoms. The maximum atomic E-state index is 13.1. The van der Waals surface area contributed by atoms with E-state index in [9.17, 15) is 9.18 Å². The lowest BCUT2D eigenvalue weighted by Crippen LogP contribution is -2.26. The van der Waals surface area contributed by atoms with E-state index in [1.807, 2.05) is 0 Å². The molecule has 0 aliphatic rings. The fourth-order valence-electron chi connectivity index (χ4n) is 1.62. The second-order valence-corrected chi connectivity index (χ2v) is 5.23. The van der Waals surface area contributed by atoms with Gasteiger partial charge in [-0.15, -0.1) is 0 Å². The molecule has 5 heteroatoms. The lowest BCUT2D eigenvalue weighted by Gasteiger charge is -2.17. The van der Waals surface area contributed by atoms with Crippen LogP contribution in [0.3, 0.4) is 0 Å². The maximum Gasteiger partial charge on any atom is 0.258 e. The predicted molar refractivity (Wildman–Crippen MR) is 78.3 cm³/mol. The topological polar surface area (TPSA) is 20.3 Å². The number of benzene rings is 2. The standard InChI is InChI=1S/C14H10BrClFNO/c1-18(11-4-2-3-10(17)8-11)14(19)9-5-6-12(15)13(16)7-9/h2-8H,1H3. The third-order valence-corrected chi connectivity index (χ3v) is 3.90. The smallest absolute Gasteiger partial charge is 0.258 e. The lowest BCUT2D eigenvalue weighted by molar-refractivity contribution is 0.0993. The highest BCUT2D eigenvalue weighted by Crippen LogP contribution is 2.24. The van der Waals surface area contributed by atoms with Crippen LogP contribution in [-0.2, 0) is 0 Å². The van der Waals surface area contributed by atoms with E-state index in [0.29, 0.717) is 16.3 Å². The molecule has 0 atom stereocenters. The van der Waals surface area contributed by atoms with Crippen LogP contribution >= 0.6 is 27.5 Å². The van der Waals surface area contributed by atoms with E-state index in [1.54, 1.807) is 37.4 Å². The average molecular weight is 343 g/mol. The molecule has 0 heterocycles. The number of rotatable bonds is 2. The third kappa shape index (κ3) is 3.14. The Morgan fingerprint density at radius 2 is 2.00 bits per heavy atom. The zero-order valence-electron chi connectivity index (χ0n) is 10.0. The predicted octanol–water partition coefficient (Wildman–Crippen LogP) is 4.52. The van der Waals surface area contributed by atoms with Crippen LogP contribution in [0.1, 0.15) is 10.4 Å². The molecule has 2 nitrogen and oxygen atoms in total. The van der Waals surface area contributed by atoms with Crippen molar-refractivity contribution < 1.29 is 9.18 Å². The Bertz CT molecular complexity index is 633. The SMILES string of the molecule is CN(C(=O)c1ccc(Br)c(Cl)c1)c1cccc(F)c1. The number of hydrogen-bond donors (Lipinski definition) is 0. The van der Waals surface area contributed by atoms with Gasteiger partial charge in [0.05, 0.1) is 5.02 Å². The van der Waals surface area contributed by atoms with Crippen molar-refractivity contribution in [2.24, 2.45) is 0 Å². The quantitative estimate of drug-likeness (QED) is 0.786. The van der Waals surface area contributed by atoms with Crippen molar-refractivity contribution in [1.29, 1.82) is 0 Å². The van der Waals surface area contributed by atoms with Gasteiger partial charge in [0.25, 0.3) is 5.91 Å². The van der Waals surface area contributed by atoms with E-state index in [2.05, 4.69) is 15.9 Å². The van der Waals surface area contributed by atoms with E-state index in [1.165, 1.54) is 17.0 Å². The number of amides is 1. The summed E-state index contributed by atoms with van der Waals surface area (Å²) in [5, 5.41) is 0.457. The fourth-order valence-corrected chi connectivity index (χ4v) is 2.05. The number of carbonyl (C=O) groups excluding carboxylic acids is 1. The van der Waals surface area contributed by atoms with Crippen molar-refractivity contribution in [2.45, 2.75) is 0 Å². The van der Waals surface area contributed by atoms with E-state index in [0.717, 1.165) is 4.47 Å². The molecule has 0 radical (unpaired) electrons. The van der Waals surface area contributed by atoms with Gasteiger partial charge in [-0.1, -0.05) is 17.7 Å². The van der Waals surface area contributed by atoms with Gasteiger partial charge >= 0.3 is 0 Å². The molecule has 0 saturated heterocycles. The van der Waals surface area contributed by atoms with Gasteiger partial charge in [-0.3, -0.25) is 4.79 Å². The molecule has 0 saturated carbocycles. The number of hydrogen-bond acceptors (Lipinski definition) is 1. The summed E-state index contributed by atoms with van der Waals surface area (Å²) in [5.74, 6) is -0.633. The molecule has 98 valence electrons. The van der Waals surface area contributed by atoms with E-state index < -0.39 is 0 Å². The molecule has 0 N–H and O–H groups in total. The van der Waals surface area contributed by atoms with Crippen LogP contribution in [-0.4, -0.2) is 13.0 Å². The van der Waals surface area contributed by atoms with E-state index >= 15 is 0 Å². The summed E-state index contributed by atoms with van der Waals surface area (Å²) >= 11 is 9.22. The van der Waals surface area contributed by atoms with Crippen LogP contribution in [0.25, 0.3) is 0 Å². The van der Waals surface area contributed by atoms with Crippen LogP contribution in [0.5, 0.6) is 0 Å². The van der Waals surface area contributed by atoms with Gasteiger partial charge < -0.3 is 4.90 Å². The summed E-state index contributed by atoms with van der Waals surface area (Å²) in [4.78, 5) is 13.6. The van der Waals surface area contributed by atoms with Crippen LogP contribution in [0.4, 0.5) is 10.1 Å². The van der Waals surface area contributed by atoms with Gasteiger partial charge in [0.2, 0.25) is 0 Å². The summed E-state index contributed by atoms with van der Waals surface area (Å²) in [6.07, 6.45) is 0. The Morgan fingerprint density at radius 1 is 1.26 bits per heavy atom. The molecular weight excluding hydrogens is 333 g/mol. The number of anilines is 1. The molecule has 2 rings (SSSR count). The molecule has 2 aromatic rings. The Labute approximate surface area is 123 Å². The number of nitrogens with zero attached hydrogens (tertiary/aromatic N) is 1. The van der Waals surface area contributed by atoms with Crippen molar-refractivity contribution in [1.82, 2.24) is 0 Å². The van der Waals surface area contributed by atoms with Crippen LogP contribution < -0.4 is 4.90 Å². The van der Waals surface area contributed by atoms with Crippen LogP contribution in [0, 0.1) is 5.82 Å². The first kappa shape index (κ1) is 14.0.